The van der Waals surface area contributed by atoms with E-state index in [1.165, 1.54) is 5.56 Å². The van der Waals surface area contributed by atoms with Crippen molar-refractivity contribution < 1.29 is 0 Å². The fourth-order valence-corrected chi connectivity index (χ4v) is 2.82. The van der Waals surface area contributed by atoms with E-state index < -0.39 is 0 Å². The molecule has 6 heteroatoms. The molecular weight excluding hydrogens is 312 g/mol. The van der Waals surface area contributed by atoms with Crippen molar-refractivity contribution >= 4 is 17.0 Å². The third-order valence-electron chi connectivity index (χ3n) is 4.26. The molecule has 0 amide bonds. The molecule has 0 saturated heterocycles. The molecule has 2 aromatic carbocycles. The highest BCUT2D eigenvalue weighted by Crippen LogP contribution is 2.29. The maximum atomic E-state index is 5.88. The molecule has 0 spiro atoms. The molecule has 0 radical (unpaired) electrons. The number of nitrogens with one attached hydrogen (secondary N) is 1. The van der Waals surface area contributed by atoms with Gasteiger partial charge < -0.3 is 11.2 Å². The number of aromatic nitrogens is 3. The molecule has 4 rings (SSSR count). The molecule has 0 bridgehead atoms. The first-order valence-corrected chi connectivity index (χ1v) is 7.92. The molecule has 5 N–H and O–H groups in total. The topological polar surface area (TPSA) is 94.3 Å². The van der Waals surface area contributed by atoms with E-state index in [9.17, 15) is 0 Å². The first-order valence-electron chi connectivity index (χ1n) is 7.92. The molecule has 0 aliphatic heterocycles. The minimum atomic E-state index is 0.595. The molecule has 0 unspecified atom stereocenters. The summed E-state index contributed by atoms with van der Waals surface area (Å²) in [6, 6.07) is 14.0. The first-order chi connectivity index (χ1) is 12.2. The standard InChI is InChI=1S/C19H18N6/c1-12-2-4-13(5-3-12)15-9-22-19-16(10-23-25(19)11-15)14-6-7-17(20)18(8-14)24-21/h2-11,24H,20-21H2,1H3. The predicted octanol–water partition coefficient (Wildman–Crippen LogP) is 3.24. The summed E-state index contributed by atoms with van der Waals surface area (Å²) in [6.07, 6.45) is 5.65. The van der Waals surface area contributed by atoms with Crippen LogP contribution in [0.3, 0.4) is 0 Å². The van der Waals surface area contributed by atoms with Crippen LogP contribution in [0.25, 0.3) is 27.9 Å². The SMILES string of the molecule is Cc1ccc(-c2cnc3c(-c4ccc(N)c(NN)c4)cnn3c2)cc1. The zero-order valence-corrected chi connectivity index (χ0v) is 13.8. The highest BCUT2D eigenvalue weighted by atomic mass is 15.2. The molecule has 2 aromatic heterocycles. The number of aryl methyl sites for hydroxylation is 1. The third-order valence-corrected chi connectivity index (χ3v) is 4.26. The molecule has 4 aromatic rings. The Morgan fingerprint density at radius 1 is 0.960 bits per heavy atom. The van der Waals surface area contributed by atoms with Gasteiger partial charge in [-0.15, -0.1) is 0 Å². The fraction of sp³-hybridized carbons (Fsp3) is 0.0526. The summed E-state index contributed by atoms with van der Waals surface area (Å²) in [5.41, 5.74) is 15.8. The van der Waals surface area contributed by atoms with Crippen LogP contribution in [0.15, 0.2) is 61.1 Å². The smallest absolute Gasteiger partial charge is 0.162 e. The number of nitrogens with zero attached hydrogens (tertiary/aromatic N) is 3. The summed E-state index contributed by atoms with van der Waals surface area (Å²) in [7, 11) is 0. The maximum Gasteiger partial charge on any atom is 0.162 e. The van der Waals surface area contributed by atoms with E-state index in [0.717, 1.165) is 27.9 Å². The number of hydrogen-bond acceptors (Lipinski definition) is 5. The van der Waals surface area contributed by atoms with Gasteiger partial charge in [-0.1, -0.05) is 35.9 Å². The summed E-state index contributed by atoms with van der Waals surface area (Å²) in [4.78, 5) is 4.61. The minimum absolute atomic E-state index is 0.595. The van der Waals surface area contributed by atoms with Gasteiger partial charge in [0.25, 0.3) is 0 Å². The average Bonchev–Trinajstić information content (AvgIpc) is 3.06. The number of benzene rings is 2. The van der Waals surface area contributed by atoms with Crippen LogP contribution in [0, 0.1) is 6.92 Å². The van der Waals surface area contributed by atoms with Crippen LogP contribution in [0.2, 0.25) is 0 Å². The van der Waals surface area contributed by atoms with Gasteiger partial charge in [0.15, 0.2) is 5.65 Å². The number of hydrazine groups is 1. The molecule has 0 fully saturated rings. The van der Waals surface area contributed by atoms with Crippen molar-refractivity contribution in [3.63, 3.8) is 0 Å². The molecule has 6 nitrogen and oxygen atoms in total. The van der Waals surface area contributed by atoms with Gasteiger partial charge in [-0.25, -0.2) is 9.50 Å². The van der Waals surface area contributed by atoms with Crippen molar-refractivity contribution in [3.05, 3.63) is 66.6 Å². The van der Waals surface area contributed by atoms with Crippen molar-refractivity contribution in [1.29, 1.82) is 0 Å². The number of hydrogen-bond donors (Lipinski definition) is 3. The molecule has 0 atom stereocenters. The van der Waals surface area contributed by atoms with E-state index in [2.05, 4.69) is 46.7 Å². The van der Waals surface area contributed by atoms with Crippen LogP contribution in [0.5, 0.6) is 0 Å². The number of anilines is 2. The predicted molar refractivity (Wildman–Crippen MR) is 101 cm³/mol. The van der Waals surface area contributed by atoms with E-state index in [1.54, 1.807) is 10.7 Å². The van der Waals surface area contributed by atoms with Crippen molar-refractivity contribution in [1.82, 2.24) is 14.6 Å². The van der Waals surface area contributed by atoms with Crippen LogP contribution in [0.4, 0.5) is 11.4 Å². The number of fused-ring (bicyclic) bond motifs is 1. The lowest BCUT2D eigenvalue weighted by atomic mass is 10.1. The summed E-state index contributed by atoms with van der Waals surface area (Å²) < 4.78 is 1.79. The van der Waals surface area contributed by atoms with Gasteiger partial charge in [0.1, 0.15) is 0 Å². The van der Waals surface area contributed by atoms with Gasteiger partial charge in [0.05, 0.1) is 17.6 Å². The molecule has 0 aliphatic rings. The zero-order valence-electron chi connectivity index (χ0n) is 13.8. The molecule has 2 heterocycles. The Morgan fingerprint density at radius 2 is 1.72 bits per heavy atom. The molecule has 0 aliphatic carbocycles. The normalized spacial score (nSPS) is 11.0. The van der Waals surface area contributed by atoms with Gasteiger partial charge >= 0.3 is 0 Å². The zero-order chi connectivity index (χ0) is 17.4. The number of nitrogen functional groups attached to an aromatic ring is 2. The Kier molecular flexibility index (Phi) is 3.59. The largest absolute Gasteiger partial charge is 0.397 e. The second-order valence-corrected chi connectivity index (χ2v) is 5.98. The second kappa shape index (κ2) is 5.92. The van der Waals surface area contributed by atoms with Crippen molar-refractivity contribution in [2.75, 3.05) is 11.2 Å². The summed E-state index contributed by atoms with van der Waals surface area (Å²) >= 11 is 0. The third kappa shape index (κ3) is 2.68. The van der Waals surface area contributed by atoms with E-state index in [4.69, 9.17) is 11.6 Å². The lowest BCUT2D eigenvalue weighted by Crippen LogP contribution is -2.08. The van der Waals surface area contributed by atoms with E-state index >= 15 is 0 Å². The Balaban J connectivity index is 1.79. The second-order valence-electron chi connectivity index (χ2n) is 5.98. The van der Waals surface area contributed by atoms with Crippen LogP contribution in [-0.2, 0) is 0 Å². The summed E-state index contributed by atoms with van der Waals surface area (Å²) in [5, 5.41) is 4.45. The Bertz CT molecular complexity index is 1050. The van der Waals surface area contributed by atoms with Crippen LogP contribution >= 0.6 is 0 Å². The number of rotatable bonds is 3. The highest BCUT2D eigenvalue weighted by Gasteiger charge is 2.11. The molecule has 124 valence electrons. The summed E-state index contributed by atoms with van der Waals surface area (Å²) in [5.74, 6) is 5.51. The Labute approximate surface area is 145 Å². The van der Waals surface area contributed by atoms with Crippen molar-refractivity contribution in [2.24, 2.45) is 5.84 Å². The monoisotopic (exact) mass is 330 g/mol. The molecule has 25 heavy (non-hydrogen) atoms. The van der Waals surface area contributed by atoms with E-state index in [-0.39, 0.29) is 0 Å². The van der Waals surface area contributed by atoms with Gasteiger partial charge in [-0.05, 0) is 30.2 Å². The number of nitrogens with two attached hydrogens (primary N) is 2. The van der Waals surface area contributed by atoms with Crippen LogP contribution < -0.4 is 17.0 Å². The van der Waals surface area contributed by atoms with Gasteiger partial charge in [-0.3, -0.25) is 5.84 Å². The molecular formula is C19H18N6. The highest BCUT2D eigenvalue weighted by molar-refractivity contribution is 5.82. The quantitative estimate of drug-likeness (QED) is 0.304. The van der Waals surface area contributed by atoms with Gasteiger partial charge in [0.2, 0.25) is 0 Å². The van der Waals surface area contributed by atoms with Crippen molar-refractivity contribution in [2.45, 2.75) is 6.92 Å². The minimum Gasteiger partial charge on any atom is -0.397 e. The van der Waals surface area contributed by atoms with Crippen molar-refractivity contribution in [3.8, 4) is 22.3 Å². The Hall–Kier alpha value is -3.38. The maximum absolute atomic E-state index is 5.88. The lowest BCUT2D eigenvalue weighted by molar-refractivity contribution is 0.941. The average molecular weight is 330 g/mol. The van der Waals surface area contributed by atoms with Crippen LogP contribution in [0.1, 0.15) is 5.56 Å². The van der Waals surface area contributed by atoms with Crippen LogP contribution in [-0.4, -0.2) is 14.6 Å². The van der Waals surface area contributed by atoms with E-state index in [1.807, 2.05) is 30.6 Å². The fourth-order valence-electron chi connectivity index (χ4n) is 2.82. The molecule has 0 saturated carbocycles. The first kappa shape index (κ1) is 15.2. The van der Waals surface area contributed by atoms with Gasteiger partial charge in [0, 0.05) is 23.5 Å². The lowest BCUT2D eigenvalue weighted by Gasteiger charge is -2.07. The van der Waals surface area contributed by atoms with E-state index in [0.29, 0.717) is 11.4 Å². The van der Waals surface area contributed by atoms with Gasteiger partial charge in [-0.2, -0.15) is 5.10 Å². The Morgan fingerprint density at radius 3 is 2.48 bits per heavy atom. The summed E-state index contributed by atoms with van der Waals surface area (Å²) in [6.45, 7) is 2.07.